The van der Waals surface area contributed by atoms with E-state index >= 15 is 0 Å². The number of halogens is 2. The second-order valence-electron chi connectivity index (χ2n) is 8.75. The van der Waals surface area contributed by atoms with E-state index in [4.69, 9.17) is 27.9 Å². The zero-order valence-corrected chi connectivity index (χ0v) is 22.9. The van der Waals surface area contributed by atoms with Gasteiger partial charge in [-0.15, -0.1) is 0 Å². The number of carbonyl (C=O) groups excluding carboxylic acids is 1. The smallest absolute Gasteiger partial charge is 0.261 e. The van der Waals surface area contributed by atoms with E-state index in [2.05, 4.69) is 15.0 Å². The first kappa shape index (κ1) is 27.4. The van der Waals surface area contributed by atoms with Crippen LogP contribution in [0.1, 0.15) is 35.9 Å². The number of para-hydroxylation sites is 1. The molecule has 0 aliphatic heterocycles. The third kappa shape index (κ3) is 6.64. The normalized spacial score (nSPS) is 12.1. The molecule has 2 N–H and O–H groups in total. The summed E-state index contributed by atoms with van der Waals surface area (Å²) in [5.74, 6) is 0.403. The monoisotopic (exact) mass is 569 g/mol. The zero-order chi connectivity index (χ0) is 27.3. The molecule has 1 atom stereocenters. The van der Waals surface area contributed by atoms with Crippen LogP contribution >= 0.6 is 23.2 Å². The molecule has 10 heteroatoms. The van der Waals surface area contributed by atoms with Crippen molar-refractivity contribution in [2.75, 3.05) is 4.72 Å². The Balaban J connectivity index is 1.56. The molecule has 0 unspecified atom stereocenters. The topological polar surface area (TPSA) is 97.4 Å². The molecule has 1 amide bonds. The Bertz CT molecular complexity index is 1530. The van der Waals surface area contributed by atoms with Crippen LogP contribution in [0.5, 0.6) is 11.5 Å². The SMILES string of the molecule is CC(C)[C@H](NC(=O)c1cc(Cl)ccc1NS(=O)(=O)c1ccc(Oc2ccccc2Cl)cc1)c1ccccn1. The minimum atomic E-state index is -4.04. The van der Waals surface area contributed by atoms with Crippen LogP contribution < -0.4 is 14.8 Å². The lowest BCUT2D eigenvalue weighted by Gasteiger charge is -2.23. The van der Waals surface area contributed by atoms with Gasteiger partial charge in [-0.2, -0.15) is 0 Å². The Morgan fingerprint density at radius 3 is 2.29 bits per heavy atom. The molecule has 0 radical (unpaired) electrons. The van der Waals surface area contributed by atoms with Gasteiger partial charge >= 0.3 is 0 Å². The molecule has 38 heavy (non-hydrogen) atoms. The highest BCUT2D eigenvalue weighted by Crippen LogP contribution is 2.30. The van der Waals surface area contributed by atoms with Gasteiger partial charge < -0.3 is 10.1 Å². The summed E-state index contributed by atoms with van der Waals surface area (Å²) < 4.78 is 34.6. The third-order valence-electron chi connectivity index (χ3n) is 5.63. The molecule has 0 spiro atoms. The Labute approximate surface area is 231 Å². The number of nitrogens with one attached hydrogen (secondary N) is 2. The molecule has 0 bridgehead atoms. The minimum Gasteiger partial charge on any atom is -0.456 e. The quantitative estimate of drug-likeness (QED) is 0.224. The summed E-state index contributed by atoms with van der Waals surface area (Å²) in [7, 11) is -4.04. The van der Waals surface area contributed by atoms with E-state index in [0.29, 0.717) is 22.2 Å². The molecule has 3 aromatic carbocycles. The average Bonchev–Trinajstić information content (AvgIpc) is 2.90. The largest absolute Gasteiger partial charge is 0.456 e. The highest BCUT2D eigenvalue weighted by molar-refractivity contribution is 7.92. The van der Waals surface area contributed by atoms with Crippen LogP contribution in [0.15, 0.2) is 96.0 Å². The summed E-state index contributed by atoms with van der Waals surface area (Å²) in [6.45, 7) is 3.92. The van der Waals surface area contributed by atoms with Crippen molar-refractivity contribution in [3.8, 4) is 11.5 Å². The minimum absolute atomic E-state index is 0.0149. The zero-order valence-electron chi connectivity index (χ0n) is 20.6. The first-order chi connectivity index (χ1) is 18.1. The van der Waals surface area contributed by atoms with E-state index in [0.717, 1.165) is 0 Å². The van der Waals surface area contributed by atoms with Crippen molar-refractivity contribution < 1.29 is 17.9 Å². The van der Waals surface area contributed by atoms with E-state index in [1.807, 2.05) is 26.0 Å². The molecule has 196 valence electrons. The molecule has 4 aromatic rings. The van der Waals surface area contributed by atoms with Crippen LogP contribution in [-0.4, -0.2) is 19.3 Å². The van der Waals surface area contributed by atoms with Crippen molar-refractivity contribution in [2.45, 2.75) is 24.8 Å². The van der Waals surface area contributed by atoms with Gasteiger partial charge in [0.2, 0.25) is 0 Å². The van der Waals surface area contributed by atoms with Crippen LogP contribution in [0, 0.1) is 5.92 Å². The Morgan fingerprint density at radius 2 is 1.63 bits per heavy atom. The fourth-order valence-corrected chi connectivity index (χ4v) is 5.13. The van der Waals surface area contributed by atoms with Crippen LogP contribution in [0.3, 0.4) is 0 Å². The molecule has 0 fully saturated rings. The summed E-state index contributed by atoms with van der Waals surface area (Å²) in [6.07, 6.45) is 1.65. The van der Waals surface area contributed by atoms with E-state index in [9.17, 15) is 13.2 Å². The van der Waals surface area contributed by atoms with Crippen LogP contribution in [0.25, 0.3) is 0 Å². The molecule has 0 saturated heterocycles. The molecule has 1 aromatic heterocycles. The highest BCUT2D eigenvalue weighted by atomic mass is 35.5. The summed E-state index contributed by atoms with van der Waals surface area (Å²) in [5.41, 5.74) is 0.868. The van der Waals surface area contributed by atoms with E-state index in [1.54, 1.807) is 36.5 Å². The maximum absolute atomic E-state index is 13.3. The number of pyridine rings is 1. The number of hydrogen-bond acceptors (Lipinski definition) is 5. The van der Waals surface area contributed by atoms with E-state index in [1.165, 1.54) is 42.5 Å². The Morgan fingerprint density at radius 1 is 0.921 bits per heavy atom. The van der Waals surface area contributed by atoms with Gasteiger partial charge in [0.25, 0.3) is 15.9 Å². The van der Waals surface area contributed by atoms with Crippen molar-refractivity contribution in [2.24, 2.45) is 5.92 Å². The number of ether oxygens (including phenoxy) is 1. The van der Waals surface area contributed by atoms with Crippen LogP contribution in [-0.2, 0) is 10.0 Å². The molecular formula is C28H25Cl2N3O4S. The van der Waals surface area contributed by atoms with Gasteiger partial charge in [0.15, 0.2) is 0 Å². The number of amides is 1. The number of nitrogens with zero attached hydrogens (tertiary/aromatic N) is 1. The summed E-state index contributed by atoms with van der Waals surface area (Å²) >= 11 is 12.3. The maximum atomic E-state index is 13.3. The van der Waals surface area contributed by atoms with Crippen molar-refractivity contribution in [1.82, 2.24) is 10.3 Å². The summed E-state index contributed by atoms with van der Waals surface area (Å²) in [4.78, 5) is 17.7. The number of carbonyl (C=O) groups is 1. The van der Waals surface area contributed by atoms with Crippen molar-refractivity contribution in [3.05, 3.63) is 112 Å². The fourth-order valence-electron chi connectivity index (χ4n) is 3.70. The first-order valence-electron chi connectivity index (χ1n) is 11.7. The second-order valence-corrected chi connectivity index (χ2v) is 11.3. The molecule has 0 aliphatic rings. The van der Waals surface area contributed by atoms with E-state index < -0.39 is 22.0 Å². The van der Waals surface area contributed by atoms with E-state index in [-0.39, 0.29) is 27.1 Å². The lowest BCUT2D eigenvalue weighted by atomic mass is 9.99. The molecule has 4 rings (SSSR count). The standard InChI is InChI=1S/C28H25Cl2N3O4S/c1-18(2)27(25-8-5-6-16-31-25)32-28(34)22-17-19(29)10-15-24(22)33-38(35,36)21-13-11-20(12-14-21)37-26-9-4-3-7-23(26)30/h3-18,27,33H,1-2H3,(H,32,34)/t27-/m0/s1. The van der Waals surface area contributed by atoms with Gasteiger partial charge in [-0.25, -0.2) is 8.42 Å². The molecule has 0 saturated carbocycles. The van der Waals surface area contributed by atoms with Gasteiger partial charge in [-0.05, 0) is 72.6 Å². The van der Waals surface area contributed by atoms with Crippen molar-refractivity contribution in [1.29, 1.82) is 0 Å². The molecule has 0 aliphatic carbocycles. The van der Waals surface area contributed by atoms with Gasteiger partial charge in [-0.3, -0.25) is 14.5 Å². The van der Waals surface area contributed by atoms with Crippen LogP contribution in [0.2, 0.25) is 10.0 Å². The summed E-state index contributed by atoms with van der Waals surface area (Å²) in [6, 6.07) is 22.3. The van der Waals surface area contributed by atoms with Gasteiger partial charge in [-0.1, -0.05) is 55.2 Å². The van der Waals surface area contributed by atoms with Crippen molar-refractivity contribution >= 4 is 44.8 Å². The van der Waals surface area contributed by atoms with Crippen LogP contribution in [0.4, 0.5) is 5.69 Å². The number of anilines is 1. The number of benzene rings is 3. The predicted octanol–water partition coefficient (Wildman–Crippen LogP) is 7.11. The van der Waals surface area contributed by atoms with Gasteiger partial charge in [0.05, 0.1) is 32.9 Å². The van der Waals surface area contributed by atoms with Gasteiger partial charge in [0.1, 0.15) is 11.5 Å². The fraction of sp³-hybridized carbons (Fsp3) is 0.143. The third-order valence-corrected chi connectivity index (χ3v) is 7.56. The molecule has 7 nitrogen and oxygen atoms in total. The number of sulfonamides is 1. The maximum Gasteiger partial charge on any atom is 0.261 e. The number of aromatic nitrogens is 1. The number of hydrogen-bond donors (Lipinski definition) is 2. The second kappa shape index (κ2) is 11.9. The number of rotatable bonds is 9. The lowest BCUT2D eigenvalue weighted by Crippen LogP contribution is -2.33. The van der Waals surface area contributed by atoms with Gasteiger partial charge in [0, 0.05) is 11.2 Å². The Hall–Kier alpha value is -3.59. The molecular weight excluding hydrogens is 545 g/mol. The summed E-state index contributed by atoms with van der Waals surface area (Å²) in [5, 5.41) is 3.68. The molecule has 1 heterocycles. The first-order valence-corrected chi connectivity index (χ1v) is 13.9. The highest BCUT2D eigenvalue weighted by Gasteiger charge is 2.24. The Kier molecular flexibility index (Phi) is 8.56. The van der Waals surface area contributed by atoms with Crippen molar-refractivity contribution in [3.63, 3.8) is 0 Å². The lowest BCUT2D eigenvalue weighted by molar-refractivity contribution is 0.0925. The average molecular weight is 570 g/mol. The predicted molar refractivity (Wildman–Crippen MR) is 150 cm³/mol.